The van der Waals surface area contributed by atoms with Crippen molar-refractivity contribution in [1.29, 1.82) is 0 Å². The lowest BCUT2D eigenvalue weighted by molar-refractivity contribution is 0.103. The zero-order valence-corrected chi connectivity index (χ0v) is 10.8. The van der Waals surface area contributed by atoms with Gasteiger partial charge in [-0.3, -0.25) is 14.2 Å². The van der Waals surface area contributed by atoms with Gasteiger partial charge in [0.2, 0.25) is 5.78 Å². The average Bonchev–Trinajstić information content (AvgIpc) is 2.92. The molecule has 0 unspecified atom stereocenters. The highest BCUT2D eigenvalue weighted by molar-refractivity contribution is 6.05. The van der Waals surface area contributed by atoms with E-state index in [-0.39, 0.29) is 5.78 Å². The highest BCUT2D eigenvalue weighted by Gasteiger charge is 2.08. The van der Waals surface area contributed by atoms with Crippen molar-refractivity contribution in [2.45, 2.75) is 20.4 Å². The highest BCUT2D eigenvalue weighted by atomic mass is 16.1. The van der Waals surface area contributed by atoms with E-state index in [1.54, 1.807) is 33.8 Å². The van der Waals surface area contributed by atoms with Crippen molar-refractivity contribution in [3.05, 3.63) is 41.5 Å². The van der Waals surface area contributed by atoms with Gasteiger partial charge >= 0.3 is 0 Å². The maximum absolute atomic E-state index is 12.0. The molecule has 2 heterocycles. The second-order valence-corrected chi connectivity index (χ2v) is 4.06. The van der Waals surface area contributed by atoms with E-state index in [9.17, 15) is 4.79 Å². The molecule has 0 aliphatic heterocycles. The third kappa shape index (κ3) is 2.40. The molecule has 0 radical (unpaired) electrons. The van der Waals surface area contributed by atoms with Crippen LogP contribution in [0.5, 0.6) is 0 Å². The minimum Gasteiger partial charge on any atom is -0.288 e. The molecule has 0 aliphatic carbocycles. The molecule has 18 heavy (non-hydrogen) atoms. The van der Waals surface area contributed by atoms with Crippen LogP contribution in [0.1, 0.15) is 28.8 Å². The van der Waals surface area contributed by atoms with Gasteiger partial charge in [-0.25, -0.2) is 0 Å². The zero-order chi connectivity index (χ0) is 13.1. The molecule has 0 saturated carbocycles. The van der Waals surface area contributed by atoms with Crippen LogP contribution in [-0.2, 0) is 13.6 Å². The van der Waals surface area contributed by atoms with E-state index in [0.717, 1.165) is 11.4 Å². The Labute approximate surface area is 106 Å². The summed E-state index contributed by atoms with van der Waals surface area (Å²) in [6.45, 7) is 4.57. The van der Waals surface area contributed by atoms with Crippen molar-refractivity contribution < 1.29 is 4.79 Å². The fourth-order valence-electron chi connectivity index (χ4n) is 1.83. The second kappa shape index (κ2) is 5.00. The largest absolute Gasteiger partial charge is 0.288 e. The molecule has 0 atom stereocenters. The molecule has 0 saturated heterocycles. The predicted octanol–water partition coefficient (Wildman–Crippen LogP) is 1.84. The molecule has 5 heteroatoms. The van der Waals surface area contributed by atoms with Gasteiger partial charge < -0.3 is 0 Å². The first-order valence-electron chi connectivity index (χ1n) is 5.86. The number of rotatable bonds is 4. The molecular weight excluding hydrogens is 228 g/mol. The summed E-state index contributed by atoms with van der Waals surface area (Å²) in [7, 11) is 1.85. The van der Waals surface area contributed by atoms with Crippen molar-refractivity contribution in [3.63, 3.8) is 0 Å². The second-order valence-electron chi connectivity index (χ2n) is 4.06. The van der Waals surface area contributed by atoms with Crippen molar-refractivity contribution in [3.8, 4) is 0 Å². The SMILES string of the molecule is CCn1nccc1C(=O)/C=C/c1cc(C)nn1C. The van der Waals surface area contributed by atoms with Gasteiger partial charge in [0.1, 0.15) is 5.69 Å². The van der Waals surface area contributed by atoms with Gasteiger partial charge in [0, 0.05) is 19.8 Å². The number of hydrogen-bond donors (Lipinski definition) is 0. The normalized spacial score (nSPS) is 11.3. The zero-order valence-electron chi connectivity index (χ0n) is 10.8. The quantitative estimate of drug-likeness (QED) is 0.609. The number of aromatic nitrogens is 4. The van der Waals surface area contributed by atoms with Crippen LogP contribution in [0.3, 0.4) is 0 Å². The van der Waals surface area contributed by atoms with Crippen LogP contribution in [-0.4, -0.2) is 25.3 Å². The number of carbonyl (C=O) groups is 1. The van der Waals surface area contributed by atoms with Crippen LogP contribution >= 0.6 is 0 Å². The maximum atomic E-state index is 12.0. The molecule has 0 bridgehead atoms. The van der Waals surface area contributed by atoms with E-state index in [1.165, 1.54) is 0 Å². The van der Waals surface area contributed by atoms with Gasteiger partial charge in [-0.1, -0.05) is 0 Å². The summed E-state index contributed by atoms with van der Waals surface area (Å²) in [5.41, 5.74) is 2.44. The van der Waals surface area contributed by atoms with Crippen LogP contribution in [0.25, 0.3) is 6.08 Å². The molecule has 5 nitrogen and oxygen atoms in total. The highest BCUT2D eigenvalue weighted by Crippen LogP contribution is 2.07. The summed E-state index contributed by atoms with van der Waals surface area (Å²) in [5.74, 6) is -0.0480. The Morgan fingerprint density at radius 1 is 1.50 bits per heavy atom. The average molecular weight is 244 g/mol. The number of allylic oxidation sites excluding steroid dienone is 1. The van der Waals surface area contributed by atoms with E-state index in [2.05, 4.69) is 10.2 Å². The van der Waals surface area contributed by atoms with Gasteiger partial charge in [-0.05, 0) is 38.1 Å². The topological polar surface area (TPSA) is 52.7 Å². The van der Waals surface area contributed by atoms with Crippen molar-refractivity contribution >= 4 is 11.9 Å². The monoisotopic (exact) mass is 244 g/mol. The van der Waals surface area contributed by atoms with E-state index < -0.39 is 0 Å². The fourth-order valence-corrected chi connectivity index (χ4v) is 1.83. The minimum atomic E-state index is -0.0480. The number of hydrogen-bond acceptors (Lipinski definition) is 3. The van der Waals surface area contributed by atoms with Crippen LogP contribution in [0.4, 0.5) is 0 Å². The molecule has 0 N–H and O–H groups in total. The number of ketones is 1. The molecule has 0 aliphatic rings. The van der Waals surface area contributed by atoms with E-state index in [4.69, 9.17) is 0 Å². The van der Waals surface area contributed by atoms with Crippen molar-refractivity contribution in [2.75, 3.05) is 0 Å². The number of nitrogens with zero attached hydrogens (tertiary/aromatic N) is 4. The Hall–Kier alpha value is -2.17. The lowest BCUT2D eigenvalue weighted by Gasteiger charge is -2.00. The molecule has 2 aromatic rings. The van der Waals surface area contributed by atoms with Gasteiger partial charge in [-0.2, -0.15) is 10.2 Å². The van der Waals surface area contributed by atoms with E-state index >= 15 is 0 Å². The standard InChI is InChI=1S/C13H16N4O/c1-4-17-12(7-8-14-17)13(18)6-5-11-9-10(2)15-16(11)3/h5-9H,4H2,1-3H3/b6-5+. The Kier molecular flexibility index (Phi) is 3.41. The smallest absolute Gasteiger partial charge is 0.203 e. The molecule has 0 aromatic carbocycles. The first kappa shape index (κ1) is 12.3. The Morgan fingerprint density at radius 3 is 2.89 bits per heavy atom. The van der Waals surface area contributed by atoms with Crippen molar-refractivity contribution in [1.82, 2.24) is 19.6 Å². The van der Waals surface area contributed by atoms with Crippen LogP contribution < -0.4 is 0 Å². The van der Waals surface area contributed by atoms with Gasteiger partial charge in [0.25, 0.3) is 0 Å². The summed E-state index contributed by atoms with van der Waals surface area (Å²) in [5, 5.41) is 8.30. The molecular formula is C13H16N4O. The van der Waals surface area contributed by atoms with Crippen LogP contribution in [0, 0.1) is 6.92 Å². The van der Waals surface area contributed by atoms with Gasteiger partial charge in [0.05, 0.1) is 11.4 Å². The fraction of sp³-hybridized carbons (Fsp3) is 0.308. The number of carbonyl (C=O) groups excluding carboxylic acids is 1. The van der Waals surface area contributed by atoms with E-state index in [1.807, 2.05) is 27.0 Å². The molecule has 94 valence electrons. The summed E-state index contributed by atoms with van der Waals surface area (Å²) < 4.78 is 3.43. The molecule has 2 rings (SSSR count). The van der Waals surface area contributed by atoms with Crippen LogP contribution in [0.15, 0.2) is 24.4 Å². The summed E-state index contributed by atoms with van der Waals surface area (Å²) in [4.78, 5) is 12.0. The number of aryl methyl sites for hydroxylation is 3. The lowest BCUT2D eigenvalue weighted by atomic mass is 10.2. The summed E-state index contributed by atoms with van der Waals surface area (Å²) in [6, 6.07) is 3.66. The van der Waals surface area contributed by atoms with Crippen LogP contribution in [0.2, 0.25) is 0 Å². The van der Waals surface area contributed by atoms with Crippen molar-refractivity contribution in [2.24, 2.45) is 7.05 Å². The Bertz CT molecular complexity index is 592. The minimum absolute atomic E-state index is 0.0480. The third-order valence-electron chi connectivity index (χ3n) is 2.71. The Morgan fingerprint density at radius 2 is 2.28 bits per heavy atom. The first-order chi connectivity index (χ1) is 8.61. The first-order valence-corrected chi connectivity index (χ1v) is 5.86. The Balaban J connectivity index is 2.19. The maximum Gasteiger partial charge on any atom is 0.203 e. The third-order valence-corrected chi connectivity index (χ3v) is 2.71. The van der Waals surface area contributed by atoms with Gasteiger partial charge in [-0.15, -0.1) is 0 Å². The summed E-state index contributed by atoms with van der Waals surface area (Å²) in [6.07, 6.45) is 4.97. The molecule has 0 amide bonds. The molecule has 0 fully saturated rings. The lowest BCUT2D eigenvalue weighted by Crippen LogP contribution is -2.07. The summed E-state index contributed by atoms with van der Waals surface area (Å²) >= 11 is 0. The molecule has 0 spiro atoms. The van der Waals surface area contributed by atoms with Gasteiger partial charge in [0.15, 0.2) is 0 Å². The predicted molar refractivity (Wildman–Crippen MR) is 69.2 cm³/mol. The molecule has 2 aromatic heterocycles. The van der Waals surface area contributed by atoms with E-state index in [0.29, 0.717) is 12.2 Å².